The van der Waals surface area contributed by atoms with E-state index in [2.05, 4.69) is 15.9 Å². The smallest absolute Gasteiger partial charge is 0.268 e. The number of carbonyl (C=O) groups is 1. The number of hydrogen-bond donors (Lipinski definition) is 0. The molecule has 0 radical (unpaired) electrons. The zero-order valence-corrected chi connectivity index (χ0v) is 16.9. The summed E-state index contributed by atoms with van der Waals surface area (Å²) in [7, 11) is 0. The number of nitrogens with zero attached hydrogens (tertiary/aromatic N) is 1. The number of amides is 1. The van der Waals surface area contributed by atoms with Crippen LogP contribution < -0.4 is 4.31 Å². The maximum Gasteiger partial charge on any atom is 0.324 e. The summed E-state index contributed by atoms with van der Waals surface area (Å²) in [4.78, 5) is 12.9. The maximum absolute atomic E-state index is 13.8. The zero-order valence-electron chi connectivity index (χ0n) is 13.0. The molecule has 0 aromatic heterocycles. The third kappa shape index (κ3) is 5.12. The van der Waals surface area contributed by atoms with Crippen molar-refractivity contribution in [2.45, 2.75) is 23.7 Å². The summed E-state index contributed by atoms with van der Waals surface area (Å²) in [5, 5.41) is 0. The summed E-state index contributed by atoms with van der Waals surface area (Å²) in [5.74, 6) is -0.158. The molecule has 128 valence electrons. The molecule has 7 heteroatoms. The number of halogens is 4. The van der Waals surface area contributed by atoms with E-state index in [0.717, 1.165) is 5.56 Å². The minimum Gasteiger partial charge on any atom is -0.268 e. The Bertz CT molecular complexity index is 737. The second-order valence-electron chi connectivity index (χ2n) is 5.37. The Morgan fingerprint density at radius 3 is 2.46 bits per heavy atom. The van der Waals surface area contributed by atoms with Crippen molar-refractivity contribution in [3.63, 3.8) is 0 Å². The fourth-order valence-corrected chi connectivity index (χ4v) is 3.54. The first-order chi connectivity index (χ1) is 11.2. The van der Waals surface area contributed by atoms with E-state index in [9.17, 15) is 9.18 Å². The van der Waals surface area contributed by atoms with Crippen molar-refractivity contribution in [3.05, 3.63) is 64.1 Å². The molecule has 0 saturated carbocycles. The summed E-state index contributed by atoms with van der Waals surface area (Å²) in [5.41, 5.74) is 1.92. The Morgan fingerprint density at radius 2 is 1.88 bits per heavy atom. The highest BCUT2D eigenvalue weighted by molar-refractivity contribution is 9.10. The van der Waals surface area contributed by atoms with E-state index >= 15 is 0 Å². The van der Waals surface area contributed by atoms with Crippen LogP contribution >= 0.6 is 51.1 Å². The molecule has 0 spiro atoms. The van der Waals surface area contributed by atoms with Crippen LogP contribution in [0.5, 0.6) is 0 Å². The minimum atomic E-state index is -2.63. The summed E-state index contributed by atoms with van der Waals surface area (Å²) in [6, 6.07) is 14.2. The molecule has 0 aliphatic carbocycles. The van der Waals surface area contributed by atoms with Crippen molar-refractivity contribution in [1.82, 2.24) is 0 Å². The predicted octanol–water partition coefficient (Wildman–Crippen LogP) is 6.93. The Labute approximate surface area is 163 Å². The normalized spacial score (nSPS) is 11.6. The second-order valence-corrected chi connectivity index (χ2v) is 9.01. The van der Waals surface area contributed by atoms with Crippen molar-refractivity contribution in [3.8, 4) is 0 Å². The molecule has 1 amide bonds. The molecule has 2 aromatic carbocycles. The van der Waals surface area contributed by atoms with Crippen LogP contribution in [-0.2, 0) is 0 Å². The number of hydrogen-bond acceptors (Lipinski definition) is 2. The summed E-state index contributed by atoms with van der Waals surface area (Å²) in [6.45, 7) is 4.07. The van der Waals surface area contributed by atoms with E-state index in [1.807, 2.05) is 32.0 Å². The van der Waals surface area contributed by atoms with Gasteiger partial charge in [0.15, 0.2) is 0 Å². The van der Waals surface area contributed by atoms with E-state index in [-0.39, 0.29) is 5.92 Å². The molecule has 2 aromatic rings. The Hall–Kier alpha value is -0.750. The van der Waals surface area contributed by atoms with Gasteiger partial charge in [0.25, 0.3) is 5.91 Å². The lowest BCUT2D eigenvalue weighted by Gasteiger charge is -2.25. The van der Waals surface area contributed by atoms with Crippen LogP contribution in [0, 0.1) is 0 Å². The SMILES string of the molecule is CC(C)c1cccc(N(SC(F)(Cl)Cl)C(=O)c2ccccc2Br)c1. The van der Waals surface area contributed by atoms with Gasteiger partial charge in [-0.05, 0) is 51.7 Å². The summed E-state index contributed by atoms with van der Waals surface area (Å²) >= 11 is 14.8. The van der Waals surface area contributed by atoms with Crippen molar-refractivity contribution in [1.29, 1.82) is 0 Å². The molecule has 0 heterocycles. The van der Waals surface area contributed by atoms with E-state index in [1.165, 1.54) is 4.31 Å². The maximum atomic E-state index is 13.8. The van der Waals surface area contributed by atoms with Crippen LogP contribution in [-0.4, -0.2) is 9.83 Å². The first-order valence-electron chi connectivity index (χ1n) is 7.14. The van der Waals surface area contributed by atoms with E-state index in [0.29, 0.717) is 27.7 Å². The Kier molecular flexibility index (Phi) is 6.59. The molecule has 0 bridgehead atoms. The number of alkyl halides is 3. The van der Waals surface area contributed by atoms with Crippen LogP contribution in [0.25, 0.3) is 0 Å². The molecule has 0 N–H and O–H groups in total. The highest BCUT2D eigenvalue weighted by Crippen LogP contribution is 2.42. The lowest BCUT2D eigenvalue weighted by molar-refractivity contribution is 0.101. The summed E-state index contributed by atoms with van der Waals surface area (Å²) < 4.78 is 13.0. The molecule has 2 nitrogen and oxygen atoms in total. The van der Waals surface area contributed by atoms with Gasteiger partial charge in [-0.3, -0.25) is 4.79 Å². The van der Waals surface area contributed by atoms with E-state index in [1.54, 1.807) is 30.3 Å². The first kappa shape index (κ1) is 19.6. The lowest BCUT2D eigenvalue weighted by Crippen LogP contribution is -2.27. The molecule has 24 heavy (non-hydrogen) atoms. The lowest BCUT2D eigenvalue weighted by atomic mass is 10.0. The molecule has 0 atom stereocenters. The van der Waals surface area contributed by atoms with E-state index in [4.69, 9.17) is 23.2 Å². The number of rotatable bonds is 5. The van der Waals surface area contributed by atoms with Gasteiger partial charge in [-0.15, -0.1) is 0 Å². The minimum absolute atomic E-state index is 0.262. The standard InChI is InChI=1S/C17H15BrCl2FNOS/c1-11(2)12-6-5-7-13(10-12)22(24-17(19,20)21)16(23)14-8-3-4-9-15(14)18/h3-11H,1-2H3. The van der Waals surface area contributed by atoms with E-state index < -0.39 is 9.83 Å². The number of anilines is 1. The summed E-state index contributed by atoms with van der Waals surface area (Å²) in [6.07, 6.45) is 0. The van der Waals surface area contributed by atoms with Gasteiger partial charge in [-0.25, -0.2) is 4.31 Å². The molecule has 0 unspecified atom stereocenters. The predicted molar refractivity (Wildman–Crippen MR) is 105 cm³/mol. The van der Waals surface area contributed by atoms with Gasteiger partial charge in [0, 0.05) is 16.4 Å². The molecule has 0 aliphatic rings. The fourth-order valence-electron chi connectivity index (χ4n) is 2.07. The van der Waals surface area contributed by atoms with Gasteiger partial charge in [-0.1, -0.05) is 61.3 Å². The first-order valence-corrected chi connectivity index (χ1v) is 9.46. The topological polar surface area (TPSA) is 20.3 Å². The Balaban J connectivity index is 2.47. The quantitative estimate of drug-likeness (QED) is 0.363. The van der Waals surface area contributed by atoms with Crippen LogP contribution in [0.3, 0.4) is 0 Å². The molecule has 2 rings (SSSR count). The van der Waals surface area contributed by atoms with Crippen LogP contribution in [0.2, 0.25) is 0 Å². The highest BCUT2D eigenvalue weighted by atomic mass is 79.9. The third-order valence-electron chi connectivity index (χ3n) is 3.25. The van der Waals surface area contributed by atoms with Gasteiger partial charge in [-0.2, -0.15) is 4.39 Å². The van der Waals surface area contributed by atoms with Gasteiger partial charge in [0.05, 0.1) is 11.3 Å². The van der Waals surface area contributed by atoms with Crippen molar-refractivity contribution >= 4 is 62.7 Å². The van der Waals surface area contributed by atoms with Gasteiger partial charge < -0.3 is 0 Å². The van der Waals surface area contributed by atoms with Crippen molar-refractivity contribution in [2.75, 3.05) is 4.31 Å². The van der Waals surface area contributed by atoms with Gasteiger partial charge >= 0.3 is 3.92 Å². The fraction of sp³-hybridized carbons (Fsp3) is 0.235. The average molecular weight is 451 g/mol. The second kappa shape index (κ2) is 8.09. The van der Waals surface area contributed by atoms with Crippen LogP contribution in [0.15, 0.2) is 53.0 Å². The average Bonchev–Trinajstić information content (AvgIpc) is 2.52. The molecule has 0 saturated heterocycles. The zero-order chi connectivity index (χ0) is 17.9. The number of benzene rings is 2. The van der Waals surface area contributed by atoms with Crippen molar-refractivity contribution in [2.24, 2.45) is 0 Å². The molecule has 0 aliphatic heterocycles. The largest absolute Gasteiger partial charge is 0.324 e. The Morgan fingerprint density at radius 1 is 1.21 bits per heavy atom. The van der Waals surface area contributed by atoms with Gasteiger partial charge in [0.2, 0.25) is 0 Å². The number of carbonyl (C=O) groups excluding carboxylic acids is 1. The van der Waals surface area contributed by atoms with Gasteiger partial charge in [0.1, 0.15) is 0 Å². The van der Waals surface area contributed by atoms with Crippen molar-refractivity contribution < 1.29 is 9.18 Å². The highest BCUT2D eigenvalue weighted by Gasteiger charge is 2.32. The van der Waals surface area contributed by atoms with Crippen LogP contribution in [0.1, 0.15) is 35.7 Å². The molecular weight excluding hydrogens is 436 g/mol. The monoisotopic (exact) mass is 449 g/mol. The van der Waals surface area contributed by atoms with Crippen LogP contribution in [0.4, 0.5) is 10.1 Å². The third-order valence-corrected chi connectivity index (χ3v) is 5.13. The molecule has 0 fully saturated rings. The molecular formula is C17H15BrCl2FNOS.